The van der Waals surface area contributed by atoms with Crippen LogP contribution in [-0.2, 0) is 9.59 Å². The molecule has 2 fully saturated rings. The zero-order valence-corrected chi connectivity index (χ0v) is 11.0. The Balaban J connectivity index is 2.10. The van der Waals surface area contributed by atoms with Crippen LogP contribution in [0.1, 0.15) is 39.0 Å². The predicted octanol–water partition coefficient (Wildman–Crippen LogP) is 0.228. The SMILES string of the molecule is CC1CCC(C(N)=O)CN1C(=O)C1(CN)CCC1. The Morgan fingerprint density at radius 3 is 2.44 bits per heavy atom. The first-order valence-electron chi connectivity index (χ1n) is 6.80. The van der Waals surface area contributed by atoms with Crippen molar-refractivity contribution in [1.82, 2.24) is 4.90 Å². The molecule has 0 aromatic rings. The van der Waals surface area contributed by atoms with Gasteiger partial charge in [-0.15, -0.1) is 0 Å². The zero-order chi connectivity index (χ0) is 13.3. The molecule has 2 atom stereocenters. The summed E-state index contributed by atoms with van der Waals surface area (Å²) in [6.07, 6.45) is 4.47. The number of amides is 2. The van der Waals surface area contributed by atoms with Gasteiger partial charge in [-0.05, 0) is 32.6 Å². The van der Waals surface area contributed by atoms with Crippen molar-refractivity contribution < 1.29 is 9.59 Å². The van der Waals surface area contributed by atoms with Gasteiger partial charge in [0.05, 0.1) is 11.3 Å². The topological polar surface area (TPSA) is 89.4 Å². The van der Waals surface area contributed by atoms with E-state index in [-0.39, 0.29) is 29.2 Å². The second-order valence-electron chi connectivity index (χ2n) is 5.82. The molecule has 102 valence electrons. The van der Waals surface area contributed by atoms with E-state index in [1.54, 1.807) is 0 Å². The van der Waals surface area contributed by atoms with Gasteiger partial charge in [0.15, 0.2) is 0 Å². The molecular weight excluding hydrogens is 230 g/mol. The minimum absolute atomic E-state index is 0.134. The third kappa shape index (κ3) is 2.11. The van der Waals surface area contributed by atoms with Crippen LogP contribution >= 0.6 is 0 Å². The van der Waals surface area contributed by atoms with Crippen molar-refractivity contribution in [3.63, 3.8) is 0 Å². The summed E-state index contributed by atoms with van der Waals surface area (Å²) in [5, 5.41) is 0. The highest BCUT2D eigenvalue weighted by Gasteiger charge is 2.47. The van der Waals surface area contributed by atoms with Gasteiger partial charge in [0, 0.05) is 19.1 Å². The van der Waals surface area contributed by atoms with Crippen molar-refractivity contribution in [3.8, 4) is 0 Å². The number of nitrogens with zero attached hydrogens (tertiary/aromatic N) is 1. The fraction of sp³-hybridized carbons (Fsp3) is 0.846. The maximum Gasteiger partial charge on any atom is 0.230 e. The first-order chi connectivity index (χ1) is 8.50. The first kappa shape index (κ1) is 13.3. The summed E-state index contributed by atoms with van der Waals surface area (Å²) >= 11 is 0. The van der Waals surface area contributed by atoms with Crippen LogP contribution < -0.4 is 11.5 Å². The van der Waals surface area contributed by atoms with Crippen LogP contribution in [0.2, 0.25) is 0 Å². The van der Waals surface area contributed by atoms with E-state index in [1.807, 2.05) is 11.8 Å². The Hall–Kier alpha value is -1.10. The van der Waals surface area contributed by atoms with Crippen LogP contribution in [0.4, 0.5) is 0 Å². The molecule has 2 rings (SSSR count). The standard InChI is InChI=1S/C13H23N3O2/c1-9-3-4-10(11(15)17)7-16(9)12(18)13(8-14)5-2-6-13/h9-10H,2-8,14H2,1H3,(H2,15,17). The van der Waals surface area contributed by atoms with Crippen molar-refractivity contribution in [1.29, 1.82) is 0 Å². The van der Waals surface area contributed by atoms with Crippen LogP contribution in [-0.4, -0.2) is 35.8 Å². The van der Waals surface area contributed by atoms with Gasteiger partial charge in [-0.2, -0.15) is 0 Å². The molecule has 5 heteroatoms. The average Bonchev–Trinajstić information content (AvgIpc) is 2.28. The summed E-state index contributed by atoms with van der Waals surface area (Å²) in [4.78, 5) is 25.7. The van der Waals surface area contributed by atoms with E-state index in [1.165, 1.54) is 0 Å². The van der Waals surface area contributed by atoms with E-state index in [2.05, 4.69) is 0 Å². The lowest BCUT2D eigenvalue weighted by molar-refractivity contribution is -0.152. The van der Waals surface area contributed by atoms with Crippen molar-refractivity contribution >= 4 is 11.8 Å². The van der Waals surface area contributed by atoms with Gasteiger partial charge in [0.1, 0.15) is 0 Å². The zero-order valence-electron chi connectivity index (χ0n) is 11.0. The molecule has 1 heterocycles. The molecule has 1 aliphatic carbocycles. The van der Waals surface area contributed by atoms with Gasteiger partial charge in [-0.3, -0.25) is 9.59 Å². The Labute approximate surface area is 108 Å². The van der Waals surface area contributed by atoms with E-state index < -0.39 is 0 Å². The van der Waals surface area contributed by atoms with E-state index in [0.717, 1.165) is 32.1 Å². The molecule has 0 aromatic heterocycles. The van der Waals surface area contributed by atoms with Gasteiger partial charge in [-0.1, -0.05) is 6.42 Å². The molecule has 2 amide bonds. The average molecular weight is 253 g/mol. The number of piperidine rings is 1. The summed E-state index contributed by atoms with van der Waals surface area (Å²) in [6, 6.07) is 0.192. The van der Waals surface area contributed by atoms with Gasteiger partial charge < -0.3 is 16.4 Å². The van der Waals surface area contributed by atoms with Gasteiger partial charge in [0.25, 0.3) is 0 Å². The van der Waals surface area contributed by atoms with Crippen molar-refractivity contribution in [3.05, 3.63) is 0 Å². The summed E-state index contributed by atoms with van der Waals surface area (Å²) in [5.74, 6) is -0.357. The number of primary amides is 1. The highest BCUT2D eigenvalue weighted by Crippen LogP contribution is 2.42. The number of rotatable bonds is 3. The predicted molar refractivity (Wildman–Crippen MR) is 68.4 cm³/mol. The molecule has 0 spiro atoms. The fourth-order valence-corrected chi connectivity index (χ4v) is 3.04. The number of hydrogen-bond donors (Lipinski definition) is 2. The number of hydrogen-bond acceptors (Lipinski definition) is 3. The molecule has 0 aromatic carbocycles. The summed E-state index contributed by atoms with van der Waals surface area (Å²) in [6.45, 7) is 2.92. The summed E-state index contributed by atoms with van der Waals surface area (Å²) in [7, 11) is 0. The van der Waals surface area contributed by atoms with E-state index in [9.17, 15) is 9.59 Å². The highest BCUT2D eigenvalue weighted by atomic mass is 16.2. The highest BCUT2D eigenvalue weighted by molar-refractivity contribution is 5.85. The summed E-state index contributed by atoms with van der Waals surface area (Å²) in [5.41, 5.74) is 10.8. The maximum atomic E-state index is 12.6. The molecule has 2 unspecified atom stereocenters. The van der Waals surface area contributed by atoms with Crippen molar-refractivity contribution in [2.24, 2.45) is 22.8 Å². The third-order valence-electron chi connectivity index (χ3n) is 4.70. The number of nitrogens with two attached hydrogens (primary N) is 2. The molecule has 5 nitrogen and oxygen atoms in total. The molecular formula is C13H23N3O2. The lowest BCUT2D eigenvalue weighted by atomic mass is 9.67. The van der Waals surface area contributed by atoms with Crippen molar-refractivity contribution in [2.45, 2.75) is 45.1 Å². The fourth-order valence-electron chi connectivity index (χ4n) is 3.04. The van der Waals surface area contributed by atoms with Gasteiger partial charge in [0.2, 0.25) is 11.8 Å². The number of carbonyl (C=O) groups is 2. The molecule has 1 aliphatic heterocycles. The molecule has 0 radical (unpaired) electrons. The third-order valence-corrected chi connectivity index (χ3v) is 4.70. The van der Waals surface area contributed by atoms with E-state index in [0.29, 0.717) is 13.1 Å². The minimum Gasteiger partial charge on any atom is -0.369 e. The van der Waals surface area contributed by atoms with Crippen LogP contribution in [0.5, 0.6) is 0 Å². The number of likely N-dealkylation sites (tertiary alicyclic amines) is 1. The van der Waals surface area contributed by atoms with E-state index >= 15 is 0 Å². The minimum atomic E-state index is -0.353. The normalized spacial score (nSPS) is 30.7. The molecule has 1 saturated heterocycles. The van der Waals surface area contributed by atoms with Gasteiger partial charge in [-0.25, -0.2) is 0 Å². The summed E-state index contributed by atoms with van der Waals surface area (Å²) < 4.78 is 0. The molecule has 2 aliphatic rings. The maximum absolute atomic E-state index is 12.6. The Bertz CT molecular complexity index is 347. The lowest BCUT2D eigenvalue weighted by Crippen LogP contribution is -2.57. The van der Waals surface area contributed by atoms with Crippen molar-refractivity contribution in [2.75, 3.05) is 13.1 Å². The Kier molecular flexibility index (Phi) is 3.61. The van der Waals surface area contributed by atoms with Crippen LogP contribution in [0, 0.1) is 11.3 Å². The van der Waals surface area contributed by atoms with Gasteiger partial charge >= 0.3 is 0 Å². The van der Waals surface area contributed by atoms with E-state index in [4.69, 9.17) is 11.5 Å². The second kappa shape index (κ2) is 4.88. The molecule has 18 heavy (non-hydrogen) atoms. The molecule has 4 N–H and O–H groups in total. The lowest BCUT2D eigenvalue weighted by Gasteiger charge is -2.46. The molecule has 1 saturated carbocycles. The Morgan fingerprint density at radius 2 is 2.00 bits per heavy atom. The van der Waals surface area contributed by atoms with Crippen LogP contribution in [0.3, 0.4) is 0 Å². The number of carbonyl (C=O) groups excluding carboxylic acids is 2. The smallest absolute Gasteiger partial charge is 0.230 e. The first-order valence-corrected chi connectivity index (χ1v) is 6.80. The van der Waals surface area contributed by atoms with Crippen LogP contribution in [0.25, 0.3) is 0 Å². The monoisotopic (exact) mass is 253 g/mol. The largest absolute Gasteiger partial charge is 0.369 e. The van der Waals surface area contributed by atoms with Crippen LogP contribution in [0.15, 0.2) is 0 Å². The molecule has 0 bridgehead atoms. The second-order valence-corrected chi connectivity index (χ2v) is 5.82. The Morgan fingerprint density at radius 1 is 1.33 bits per heavy atom. The quantitative estimate of drug-likeness (QED) is 0.754.